The number of halogens is 3. The van der Waals surface area contributed by atoms with Crippen LogP contribution in [0.3, 0.4) is 0 Å². The van der Waals surface area contributed by atoms with E-state index in [4.69, 9.17) is 25.8 Å². The van der Waals surface area contributed by atoms with Crippen LogP contribution in [0.15, 0.2) is 36.4 Å². The molecule has 7 heteroatoms. The summed E-state index contributed by atoms with van der Waals surface area (Å²) in [4.78, 5) is 0. The first-order valence-corrected chi connectivity index (χ1v) is 9.04. The van der Waals surface area contributed by atoms with Crippen LogP contribution in [-0.2, 0) is 17.9 Å². The molecule has 0 aliphatic heterocycles. The lowest BCUT2D eigenvalue weighted by molar-refractivity contribution is 0.144. The molecule has 2 aromatic rings. The summed E-state index contributed by atoms with van der Waals surface area (Å²) in [6.45, 7) is 5.06. The highest BCUT2D eigenvalue weighted by molar-refractivity contribution is 6.32. The molecule has 0 saturated heterocycles. The van der Waals surface area contributed by atoms with Crippen molar-refractivity contribution >= 4 is 24.0 Å². The maximum atomic E-state index is 13.7. The molecular formula is C20H26Cl2FNO3. The molecule has 0 aliphatic rings. The Morgan fingerprint density at radius 3 is 2.67 bits per heavy atom. The Bertz CT molecular complexity index is 701. The molecule has 0 aliphatic carbocycles. The largest absolute Gasteiger partial charge is 0.493 e. The molecule has 0 unspecified atom stereocenters. The highest BCUT2D eigenvalue weighted by Crippen LogP contribution is 2.37. The van der Waals surface area contributed by atoms with E-state index in [1.807, 2.05) is 19.1 Å². The number of hydrogen-bond acceptors (Lipinski definition) is 4. The minimum atomic E-state index is -0.310. The lowest BCUT2D eigenvalue weighted by atomic mass is 10.2. The van der Waals surface area contributed by atoms with Crippen molar-refractivity contribution in [3.05, 3.63) is 58.4 Å². The fourth-order valence-corrected chi connectivity index (χ4v) is 2.74. The monoisotopic (exact) mass is 417 g/mol. The van der Waals surface area contributed by atoms with Gasteiger partial charge in [-0.3, -0.25) is 0 Å². The van der Waals surface area contributed by atoms with Gasteiger partial charge in [-0.05, 0) is 43.7 Å². The molecule has 0 atom stereocenters. The number of hydrogen-bond donors (Lipinski definition) is 1. The normalized spacial score (nSPS) is 10.4. The van der Waals surface area contributed by atoms with E-state index in [0.29, 0.717) is 28.6 Å². The minimum Gasteiger partial charge on any atom is -0.493 e. The Morgan fingerprint density at radius 1 is 1.19 bits per heavy atom. The third-order valence-corrected chi connectivity index (χ3v) is 4.08. The molecule has 0 spiro atoms. The van der Waals surface area contributed by atoms with E-state index in [2.05, 4.69) is 5.32 Å². The highest BCUT2D eigenvalue weighted by atomic mass is 35.5. The van der Waals surface area contributed by atoms with E-state index in [1.165, 1.54) is 6.07 Å². The van der Waals surface area contributed by atoms with E-state index in [9.17, 15) is 4.39 Å². The van der Waals surface area contributed by atoms with E-state index in [1.54, 1.807) is 25.3 Å². The topological polar surface area (TPSA) is 39.7 Å². The van der Waals surface area contributed by atoms with Crippen LogP contribution in [0.4, 0.5) is 4.39 Å². The average molecular weight is 418 g/mol. The van der Waals surface area contributed by atoms with Crippen molar-refractivity contribution in [1.82, 2.24) is 5.32 Å². The van der Waals surface area contributed by atoms with Crippen LogP contribution in [0.1, 0.15) is 24.5 Å². The van der Waals surface area contributed by atoms with Crippen LogP contribution in [0, 0.1) is 5.82 Å². The summed E-state index contributed by atoms with van der Waals surface area (Å²) in [7, 11) is 1.56. The van der Waals surface area contributed by atoms with Crippen LogP contribution in [0.5, 0.6) is 11.5 Å². The molecule has 2 rings (SSSR count). The smallest absolute Gasteiger partial charge is 0.180 e. The van der Waals surface area contributed by atoms with Crippen molar-refractivity contribution in [2.45, 2.75) is 26.5 Å². The van der Waals surface area contributed by atoms with E-state index in [0.717, 1.165) is 31.7 Å². The van der Waals surface area contributed by atoms with Gasteiger partial charge in [-0.2, -0.15) is 0 Å². The van der Waals surface area contributed by atoms with Gasteiger partial charge in [0.1, 0.15) is 12.4 Å². The van der Waals surface area contributed by atoms with Crippen LogP contribution >= 0.6 is 24.0 Å². The molecule has 0 aromatic heterocycles. The van der Waals surface area contributed by atoms with E-state index >= 15 is 0 Å². The van der Waals surface area contributed by atoms with Crippen LogP contribution in [0.2, 0.25) is 5.02 Å². The highest BCUT2D eigenvalue weighted by Gasteiger charge is 2.13. The van der Waals surface area contributed by atoms with Crippen LogP contribution in [0.25, 0.3) is 0 Å². The molecule has 4 nitrogen and oxygen atoms in total. The van der Waals surface area contributed by atoms with Crippen molar-refractivity contribution < 1.29 is 18.6 Å². The van der Waals surface area contributed by atoms with E-state index < -0.39 is 0 Å². The zero-order valence-electron chi connectivity index (χ0n) is 15.6. The maximum Gasteiger partial charge on any atom is 0.180 e. The lowest BCUT2D eigenvalue weighted by Gasteiger charge is -2.15. The Morgan fingerprint density at radius 2 is 1.96 bits per heavy atom. The third-order valence-electron chi connectivity index (χ3n) is 3.79. The molecule has 0 bridgehead atoms. The SMILES string of the molecule is CCOCCCNCc1cc(Cl)c(OCc2ccccc2F)c(OC)c1.Cl. The zero-order valence-corrected chi connectivity index (χ0v) is 17.2. The van der Waals surface area contributed by atoms with Crippen molar-refractivity contribution in [3.8, 4) is 11.5 Å². The molecule has 0 amide bonds. The van der Waals surface area contributed by atoms with Gasteiger partial charge in [0, 0.05) is 25.3 Å². The van der Waals surface area contributed by atoms with Gasteiger partial charge in [0.15, 0.2) is 11.5 Å². The average Bonchev–Trinajstić information content (AvgIpc) is 2.64. The molecule has 1 N–H and O–H groups in total. The second-order valence-electron chi connectivity index (χ2n) is 5.72. The molecule has 0 saturated carbocycles. The Balaban J connectivity index is 0.00000364. The fourth-order valence-electron chi connectivity index (χ4n) is 2.46. The molecule has 27 heavy (non-hydrogen) atoms. The third kappa shape index (κ3) is 7.54. The zero-order chi connectivity index (χ0) is 18.8. The first-order chi connectivity index (χ1) is 12.7. The molecular weight excluding hydrogens is 392 g/mol. The second-order valence-corrected chi connectivity index (χ2v) is 6.12. The maximum absolute atomic E-state index is 13.7. The van der Waals surface area contributed by atoms with Gasteiger partial charge in [-0.15, -0.1) is 12.4 Å². The predicted octanol–water partition coefficient (Wildman–Crippen LogP) is 5.00. The molecule has 0 heterocycles. The number of rotatable bonds is 11. The quantitative estimate of drug-likeness (QED) is 0.521. The molecule has 0 radical (unpaired) electrons. The van der Waals surface area contributed by atoms with Gasteiger partial charge >= 0.3 is 0 Å². The number of ether oxygens (including phenoxy) is 3. The summed E-state index contributed by atoms with van der Waals surface area (Å²) >= 11 is 6.35. The molecule has 150 valence electrons. The Labute approximate surface area is 171 Å². The summed E-state index contributed by atoms with van der Waals surface area (Å²) in [6, 6.07) is 10.2. The predicted molar refractivity (Wildman–Crippen MR) is 109 cm³/mol. The summed E-state index contributed by atoms with van der Waals surface area (Å²) < 4.78 is 30.1. The summed E-state index contributed by atoms with van der Waals surface area (Å²) in [5.74, 6) is 0.632. The fraction of sp³-hybridized carbons (Fsp3) is 0.400. The lowest BCUT2D eigenvalue weighted by Crippen LogP contribution is -2.16. The summed E-state index contributed by atoms with van der Waals surface area (Å²) in [5, 5.41) is 3.78. The van der Waals surface area contributed by atoms with Gasteiger partial charge in [-0.1, -0.05) is 29.8 Å². The van der Waals surface area contributed by atoms with Gasteiger partial charge in [-0.25, -0.2) is 4.39 Å². The van der Waals surface area contributed by atoms with Crippen molar-refractivity contribution in [2.75, 3.05) is 26.9 Å². The van der Waals surface area contributed by atoms with Gasteiger partial charge in [0.2, 0.25) is 0 Å². The summed E-state index contributed by atoms with van der Waals surface area (Å²) in [5.41, 5.74) is 1.45. The van der Waals surface area contributed by atoms with E-state index in [-0.39, 0.29) is 24.8 Å². The number of benzene rings is 2. The van der Waals surface area contributed by atoms with Crippen LogP contribution in [-0.4, -0.2) is 26.9 Å². The van der Waals surface area contributed by atoms with Crippen molar-refractivity contribution in [3.63, 3.8) is 0 Å². The molecule has 0 fully saturated rings. The van der Waals surface area contributed by atoms with Crippen LogP contribution < -0.4 is 14.8 Å². The van der Waals surface area contributed by atoms with Crippen molar-refractivity contribution in [2.24, 2.45) is 0 Å². The number of nitrogens with one attached hydrogen (secondary N) is 1. The first kappa shape index (κ1) is 23.5. The van der Waals surface area contributed by atoms with Crippen molar-refractivity contribution in [1.29, 1.82) is 0 Å². The number of methoxy groups -OCH3 is 1. The Kier molecular flexibility index (Phi) is 11.1. The van der Waals surface area contributed by atoms with Gasteiger partial charge < -0.3 is 19.5 Å². The van der Waals surface area contributed by atoms with Gasteiger partial charge in [0.05, 0.1) is 12.1 Å². The van der Waals surface area contributed by atoms with Gasteiger partial charge in [0.25, 0.3) is 0 Å². The second kappa shape index (κ2) is 12.8. The standard InChI is InChI=1S/C20H25ClFNO3.ClH/c1-3-25-10-6-9-23-13-15-11-17(21)20(19(12-15)24-2)26-14-16-7-4-5-8-18(16)22;/h4-5,7-8,11-12,23H,3,6,9-10,13-14H2,1-2H3;1H. The summed E-state index contributed by atoms with van der Waals surface area (Å²) in [6.07, 6.45) is 0.947. The first-order valence-electron chi connectivity index (χ1n) is 8.66. The Hall–Kier alpha value is -1.53. The minimum absolute atomic E-state index is 0. The molecule has 2 aromatic carbocycles.